The average Bonchev–Trinajstić information content (AvgIpc) is 3.51. The Morgan fingerprint density at radius 3 is 2.51 bits per heavy atom. The van der Waals surface area contributed by atoms with E-state index in [0.29, 0.717) is 30.2 Å². The molecule has 43 heavy (non-hydrogen) atoms. The van der Waals surface area contributed by atoms with Crippen LogP contribution in [0.3, 0.4) is 0 Å². The van der Waals surface area contributed by atoms with E-state index < -0.39 is 5.85 Å². The van der Waals surface area contributed by atoms with Gasteiger partial charge in [0.15, 0.2) is 5.76 Å². The molecule has 9 nitrogen and oxygen atoms in total. The first-order valence-corrected chi connectivity index (χ1v) is 15.8. The predicted octanol–water partition coefficient (Wildman–Crippen LogP) is 5.23. The Balaban J connectivity index is 1.24. The summed E-state index contributed by atoms with van der Waals surface area (Å²) in [6.45, 7) is 11.4. The average molecular weight is 607 g/mol. The lowest BCUT2D eigenvalue weighted by Crippen LogP contribution is -2.37. The number of nitrogens with one attached hydrogen (secondary N) is 1. The molecule has 0 spiro atoms. The number of pyridine rings is 1. The van der Waals surface area contributed by atoms with Crippen LogP contribution in [0.5, 0.6) is 0 Å². The van der Waals surface area contributed by atoms with E-state index in [-0.39, 0.29) is 31.8 Å². The Kier molecular flexibility index (Phi) is 8.98. The van der Waals surface area contributed by atoms with Crippen molar-refractivity contribution < 1.29 is 23.7 Å². The highest BCUT2D eigenvalue weighted by Gasteiger charge is 2.43. The van der Waals surface area contributed by atoms with Gasteiger partial charge >= 0.3 is 0 Å². The number of hydrogen-bond donors (Lipinski definition) is 1. The van der Waals surface area contributed by atoms with Crippen molar-refractivity contribution in [2.75, 3.05) is 27.8 Å². The molecule has 3 atom stereocenters. The van der Waals surface area contributed by atoms with Gasteiger partial charge in [-0.05, 0) is 95.6 Å². The van der Waals surface area contributed by atoms with Gasteiger partial charge in [-0.1, -0.05) is 12.1 Å². The van der Waals surface area contributed by atoms with Gasteiger partial charge in [0.2, 0.25) is 5.88 Å². The number of rotatable bonds is 9. The minimum atomic E-state index is -0.392. The smallest absolute Gasteiger partial charge is 0.290 e. The molecule has 1 aromatic heterocycles. The summed E-state index contributed by atoms with van der Waals surface area (Å²) in [7, 11) is 5.38. The quantitative estimate of drug-likeness (QED) is 0.391. The van der Waals surface area contributed by atoms with Gasteiger partial charge in [-0.2, -0.15) is 4.99 Å². The van der Waals surface area contributed by atoms with Gasteiger partial charge in [-0.3, -0.25) is 9.78 Å². The van der Waals surface area contributed by atoms with E-state index in [2.05, 4.69) is 62.0 Å². The highest BCUT2D eigenvalue weighted by Crippen LogP contribution is 2.47. The van der Waals surface area contributed by atoms with Crippen molar-refractivity contribution in [3.63, 3.8) is 0 Å². The van der Waals surface area contributed by atoms with Crippen LogP contribution in [-0.2, 0) is 47.8 Å². The number of aromatic nitrogens is 1. The van der Waals surface area contributed by atoms with Crippen LogP contribution < -0.4 is 5.32 Å². The molecule has 230 valence electrons. The van der Waals surface area contributed by atoms with Crippen LogP contribution in [0.4, 0.5) is 0 Å². The molecule has 0 aliphatic carbocycles. The molecule has 2 aromatic rings. The van der Waals surface area contributed by atoms with E-state index >= 15 is 0 Å². The standard InChI is InChI=1S/C33H43N4O5P/c1-20-17-24-25(33(4,5)42-32(24,2)3)19-22(20)18-23-9-10-26(41-23)28(38)35-27-29(39-7)36-31(43-30(27)40-8)37(6)16-13-21-11-14-34-15-12-21/h10-12,14-15,17,19,23,30,43H,9,13,16,18H2,1-8H3,(H,35,38). The maximum Gasteiger partial charge on any atom is 0.290 e. The number of amides is 1. The normalized spacial score (nSPS) is 22.5. The molecule has 3 unspecified atom stereocenters. The fourth-order valence-corrected chi connectivity index (χ4v) is 7.21. The summed E-state index contributed by atoms with van der Waals surface area (Å²) < 4.78 is 24.0. The van der Waals surface area contributed by atoms with Gasteiger partial charge < -0.3 is 29.2 Å². The first-order valence-electron chi connectivity index (χ1n) is 14.7. The lowest BCUT2D eigenvalue weighted by atomic mass is 9.86. The highest BCUT2D eigenvalue weighted by molar-refractivity contribution is 7.59. The molecule has 3 aliphatic heterocycles. The van der Waals surface area contributed by atoms with E-state index in [1.165, 1.54) is 27.8 Å². The van der Waals surface area contributed by atoms with Gasteiger partial charge in [0.05, 0.1) is 18.3 Å². The van der Waals surface area contributed by atoms with Crippen molar-refractivity contribution in [1.29, 1.82) is 0 Å². The zero-order chi connectivity index (χ0) is 30.9. The third kappa shape index (κ3) is 6.64. The Labute approximate surface area is 256 Å². The summed E-state index contributed by atoms with van der Waals surface area (Å²) in [5, 5.41) is 2.98. The van der Waals surface area contributed by atoms with Crippen molar-refractivity contribution in [3.05, 3.63) is 87.9 Å². The van der Waals surface area contributed by atoms with Crippen LogP contribution in [-0.4, -0.2) is 61.1 Å². The van der Waals surface area contributed by atoms with Gasteiger partial charge in [-0.15, -0.1) is 0 Å². The van der Waals surface area contributed by atoms with E-state index in [9.17, 15) is 4.79 Å². The van der Waals surface area contributed by atoms with Gasteiger partial charge in [0, 0.05) is 45.9 Å². The number of fused-ring (bicyclic) bond motifs is 1. The molecule has 4 heterocycles. The fraction of sp³-hybridized carbons (Fsp3) is 0.485. The number of benzene rings is 1. The lowest BCUT2D eigenvalue weighted by Gasteiger charge is -2.30. The summed E-state index contributed by atoms with van der Waals surface area (Å²) in [5.74, 6) is -0.0811. The molecule has 0 fully saturated rings. The zero-order valence-electron chi connectivity index (χ0n) is 26.4. The minimum Gasteiger partial charge on any atom is -0.484 e. The summed E-state index contributed by atoms with van der Waals surface area (Å²) in [6, 6.07) is 8.53. The molecule has 1 amide bonds. The molecular weight excluding hydrogens is 563 g/mol. The van der Waals surface area contributed by atoms with Crippen LogP contribution in [0.2, 0.25) is 0 Å². The monoisotopic (exact) mass is 606 g/mol. The number of methoxy groups -OCH3 is 2. The molecule has 3 aliphatic rings. The molecule has 0 bridgehead atoms. The first kappa shape index (κ1) is 31.2. The highest BCUT2D eigenvalue weighted by atomic mass is 31.1. The molecule has 10 heteroatoms. The van der Waals surface area contributed by atoms with Gasteiger partial charge in [0.25, 0.3) is 5.91 Å². The summed E-state index contributed by atoms with van der Waals surface area (Å²) in [4.78, 5) is 24.3. The molecule has 1 N–H and O–H groups in total. The number of aryl methyl sites for hydroxylation is 1. The number of carbonyl (C=O) groups excluding carboxylic acids is 1. The molecule has 0 saturated heterocycles. The number of carbonyl (C=O) groups is 1. The molecule has 5 rings (SSSR count). The SMILES string of the molecule is COC1=C(NC(=O)C2=CCC(Cc3cc4c(cc3C)C(C)(C)OC4(C)C)O2)C(OC)PC(N(C)CCc2ccncc2)=N1. The van der Waals surface area contributed by atoms with Crippen molar-refractivity contribution in [2.24, 2.45) is 4.99 Å². The maximum atomic E-state index is 13.4. The van der Waals surface area contributed by atoms with E-state index in [4.69, 9.17) is 23.9 Å². The number of hydrogen-bond acceptors (Lipinski definition) is 8. The van der Waals surface area contributed by atoms with E-state index in [0.717, 1.165) is 18.5 Å². The third-order valence-corrected chi connectivity index (χ3v) is 9.84. The number of aliphatic imine (C=N–C) groups is 1. The number of likely N-dealkylation sites (N-methyl/N-ethyl adjacent to an activating group) is 1. The van der Waals surface area contributed by atoms with E-state index in [1.807, 2.05) is 25.3 Å². The van der Waals surface area contributed by atoms with Crippen LogP contribution in [0, 0.1) is 6.92 Å². The Morgan fingerprint density at radius 1 is 1.14 bits per heavy atom. The predicted molar refractivity (Wildman–Crippen MR) is 169 cm³/mol. The number of ether oxygens (including phenoxy) is 4. The number of nitrogens with zero attached hydrogens (tertiary/aromatic N) is 3. The minimum absolute atomic E-state index is 0.128. The Morgan fingerprint density at radius 2 is 1.84 bits per heavy atom. The van der Waals surface area contributed by atoms with Crippen LogP contribution in [0.25, 0.3) is 0 Å². The van der Waals surface area contributed by atoms with Crippen LogP contribution in [0.15, 0.2) is 65.1 Å². The van der Waals surface area contributed by atoms with Crippen LogP contribution >= 0.6 is 8.58 Å². The fourth-order valence-electron chi connectivity index (χ4n) is 6.02. The zero-order valence-corrected chi connectivity index (χ0v) is 27.4. The number of amidine groups is 1. The van der Waals surface area contributed by atoms with Gasteiger partial charge in [0.1, 0.15) is 23.2 Å². The second-order valence-corrected chi connectivity index (χ2v) is 13.6. The first-order chi connectivity index (χ1) is 20.4. The van der Waals surface area contributed by atoms with Crippen molar-refractivity contribution >= 4 is 20.1 Å². The summed E-state index contributed by atoms with van der Waals surface area (Å²) >= 11 is 0. The summed E-state index contributed by atoms with van der Waals surface area (Å²) in [5.41, 5.74) is 6.75. The van der Waals surface area contributed by atoms with Crippen molar-refractivity contribution in [1.82, 2.24) is 15.2 Å². The second kappa shape index (κ2) is 12.4. The molecule has 0 saturated carbocycles. The maximum absolute atomic E-state index is 13.4. The Hall–Kier alpha value is -3.26. The Bertz CT molecular complexity index is 1470. The van der Waals surface area contributed by atoms with Gasteiger partial charge in [-0.25, -0.2) is 0 Å². The van der Waals surface area contributed by atoms with Crippen molar-refractivity contribution in [3.8, 4) is 0 Å². The largest absolute Gasteiger partial charge is 0.484 e. The lowest BCUT2D eigenvalue weighted by molar-refractivity contribution is -0.120. The molecular formula is C33H43N4O5P. The van der Waals surface area contributed by atoms with Crippen LogP contribution in [0.1, 0.15) is 61.9 Å². The second-order valence-electron chi connectivity index (χ2n) is 12.3. The third-order valence-electron chi connectivity index (χ3n) is 8.30. The van der Waals surface area contributed by atoms with Crippen molar-refractivity contribution in [2.45, 2.75) is 77.0 Å². The molecule has 1 aromatic carbocycles. The van der Waals surface area contributed by atoms with E-state index in [1.54, 1.807) is 26.6 Å². The topological polar surface area (TPSA) is 94.5 Å². The summed E-state index contributed by atoms with van der Waals surface area (Å²) in [6.07, 6.45) is 7.55. The molecule has 0 radical (unpaired) electrons.